The molecule has 0 aliphatic rings. The van der Waals surface area contributed by atoms with E-state index >= 15 is 0 Å². The van der Waals surface area contributed by atoms with Crippen molar-refractivity contribution in [1.29, 1.82) is 0 Å². The molecule has 0 N–H and O–H groups in total. The molecule has 23 heavy (non-hydrogen) atoms. The van der Waals surface area contributed by atoms with Crippen LogP contribution in [0.4, 0.5) is 0 Å². The first kappa shape index (κ1) is 19.2. The third kappa shape index (κ3) is 7.29. The number of hydrogen-bond donors (Lipinski definition) is 0. The Bertz CT molecular complexity index is 603. The van der Waals surface area contributed by atoms with E-state index in [1.54, 1.807) is 24.3 Å². The van der Waals surface area contributed by atoms with Gasteiger partial charge in [0.05, 0.1) is 0 Å². The first-order valence-corrected chi connectivity index (χ1v) is 8.54. The van der Waals surface area contributed by atoms with Gasteiger partial charge in [-0.05, 0) is 25.0 Å². The minimum atomic E-state index is 0.0516. The van der Waals surface area contributed by atoms with Crippen LogP contribution in [0.25, 0.3) is 0 Å². The van der Waals surface area contributed by atoms with Gasteiger partial charge in [-0.15, -0.1) is 0 Å². The molecule has 122 valence electrons. The van der Waals surface area contributed by atoms with Gasteiger partial charge in [0.2, 0.25) is 0 Å². The fourth-order valence-electron chi connectivity index (χ4n) is 1.63. The number of carbonyl (C=O) groups excluding carboxylic acids is 2. The summed E-state index contributed by atoms with van der Waals surface area (Å²) in [7, 11) is 0. The van der Waals surface area contributed by atoms with E-state index in [-0.39, 0.29) is 11.0 Å². The molecule has 0 saturated heterocycles. The van der Waals surface area contributed by atoms with E-state index in [0.717, 1.165) is 11.2 Å². The van der Waals surface area contributed by atoms with Crippen LogP contribution in [0.1, 0.15) is 36.7 Å². The SMILES string of the molecule is CC(C)C(C)C(=O)Sc1ccc(C=O)cc1.Cc1ccccc1. The zero-order valence-electron chi connectivity index (χ0n) is 14.2. The van der Waals surface area contributed by atoms with Crippen LogP contribution in [0.5, 0.6) is 0 Å². The number of carbonyl (C=O) groups is 2. The summed E-state index contributed by atoms with van der Waals surface area (Å²) in [5.41, 5.74) is 1.95. The molecule has 0 bridgehead atoms. The van der Waals surface area contributed by atoms with E-state index < -0.39 is 0 Å². The Morgan fingerprint density at radius 2 is 1.52 bits per heavy atom. The highest BCUT2D eigenvalue weighted by Crippen LogP contribution is 2.25. The van der Waals surface area contributed by atoms with Gasteiger partial charge in [0.1, 0.15) is 6.29 Å². The molecule has 0 saturated carbocycles. The number of aryl methyl sites for hydroxylation is 1. The zero-order chi connectivity index (χ0) is 17.2. The predicted molar refractivity (Wildman–Crippen MR) is 97.9 cm³/mol. The second-order valence-corrected chi connectivity index (χ2v) is 6.87. The summed E-state index contributed by atoms with van der Waals surface area (Å²) in [6.45, 7) is 8.11. The van der Waals surface area contributed by atoms with E-state index in [1.165, 1.54) is 17.3 Å². The molecular formula is C20H24O2S. The smallest absolute Gasteiger partial charge is 0.196 e. The molecular weight excluding hydrogens is 304 g/mol. The molecule has 2 aromatic rings. The third-order valence-corrected chi connectivity index (χ3v) is 4.63. The zero-order valence-corrected chi connectivity index (χ0v) is 15.0. The van der Waals surface area contributed by atoms with Crippen molar-refractivity contribution in [3.05, 3.63) is 65.7 Å². The molecule has 0 radical (unpaired) electrons. The largest absolute Gasteiger partial charge is 0.298 e. The molecule has 2 rings (SSSR count). The summed E-state index contributed by atoms with van der Waals surface area (Å²) in [4.78, 5) is 23.2. The molecule has 1 atom stereocenters. The quantitative estimate of drug-likeness (QED) is 0.556. The number of benzene rings is 2. The topological polar surface area (TPSA) is 34.1 Å². The highest BCUT2D eigenvalue weighted by molar-refractivity contribution is 8.13. The minimum Gasteiger partial charge on any atom is -0.298 e. The Labute approximate surface area is 143 Å². The van der Waals surface area contributed by atoms with Crippen LogP contribution in [0.2, 0.25) is 0 Å². The predicted octanol–water partition coefficient (Wildman–Crippen LogP) is 5.40. The van der Waals surface area contributed by atoms with Crippen LogP contribution in [-0.4, -0.2) is 11.4 Å². The molecule has 2 aromatic carbocycles. The fraction of sp³-hybridized carbons (Fsp3) is 0.300. The molecule has 0 aliphatic carbocycles. The van der Waals surface area contributed by atoms with Crippen molar-refractivity contribution in [2.45, 2.75) is 32.6 Å². The highest BCUT2D eigenvalue weighted by Gasteiger charge is 2.17. The molecule has 1 unspecified atom stereocenters. The van der Waals surface area contributed by atoms with E-state index in [4.69, 9.17) is 0 Å². The van der Waals surface area contributed by atoms with Gasteiger partial charge < -0.3 is 0 Å². The molecule has 0 fully saturated rings. The molecule has 0 heterocycles. The van der Waals surface area contributed by atoms with E-state index in [9.17, 15) is 9.59 Å². The highest BCUT2D eigenvalue weighted by atomic mass is 32.2. The van der Waals surface area contributed by atoms with Crippen molar-refractivity contribution in [2.24, 2.45) is 11.8 Å². The second kappa shape index (κ2) is 10.0. The molecule has 2 nitrogen and oxygen atoms in total. The van der Waals surface area contributed by atoms with Gasteiger partial charge >= 0.3 is 0 Å². The maximum absolute atomic E-state index is 11.8. The Kier molecular flexibility index (Phi) is 8.35. The monoisotopic (exact) mass is 328 g/mol. The van der Waals surface area contributed by atoms with Crippen LogP contribution in [-0.2, 0) is 4.79 Å². The number of hydrogen-bond acceptors (Lipinski definition) is 3. The molecule has 0 spiro atoms. The first-order valence-electron chi connectivity index (χ1n) is 7.72. The van der Waals surface area contributed by atoms with Crippen LogP contribution in [0, 0.1) is 18.8 Å². The molecule has 0 aromatic heterocycles. The van der Waals surface area contributed by atoms with Gasteiger partial charge in [-0.2, -0.15) is 0 Å². The third-order valence-electron chi connectivity index (χ3n) is 3.55. The summed E-state index contributed by atoms with van der Waals surface area (Å²) in [5.74, 6) is 0.407. The maximum atomic E-state index is 11.8. The van der Waals surface area contributed by atoms with Crippen molar-refractivity contribution in [3.63, 3.8) is 0 Å². The van der Waals surface area contributed by atoms with Crippen LogP contribution in [0.15, 0.2) is 59.5 Å². The van der Waals surface area contributed by atoms with Crippen molar-refractivity contribution in [1.82, 2.24) is 0 Å². The molecule has 0 aliphatic heterocycles. The van der Waals surface area contributed by atoms with Crippen molar-refractivity contribution in [3.8, 4) is 0 Å². The van der Waals surface area contributed by atoms with Crippen molar-refractivity contribution < 1.29 is 9.59 Å². The van der Waals surface area contributed by atoms with Crippen LogP contribution < -0.4 is 0 Å². The molecule has 0 amide bonds. The first-order chi connectivity index (χ1) is 10.9. The Morgan fingerprint density at radius 3 is 1.91 bits per heavy atom. The lowest BCUT2D eigenvalue weighted by Crippen LogP contribution is -2.13. The Balaban J connectivity index is 0.000000313. The van der Waals surface area contributed by atoms with E-state index in [1.807, 2.05) is 39.0 Å². The Hall–Kier alpha value is -1.87. The Morgan fingerprint density at radius 1 is 0.957 bits per heavy atom. The summed E-state index contributed by atoms with van der Waals surface area (Å²) in [6, 6.07) is 17.3. The molecule has 3 heteroatoms. The van der Waals surface area contributed by atoms with E-state index in [2.05, 4.69) is 19.1 Å². The average molecular weight is 328 g/mol. The van der Waals surface area contributed by atoms with Crippen molar-refractivity contribution in [2.75, 3.05) is 0 Å². The average Bonchev–Trinajstić information content (AvgIpc) is 2.56. The number of rotatable bonds is 4. The van der Waals surface area contributed by atoms with Crippen molar-refractivity contribution >= 4 is 23.2 Å². The van der Waals surface area contributed by atoms with Gasteiger partial charge in [-0.1, -0.05) is 80.6 Å². The fourth-order valence-corrected chi connectivity index (χ4v) is 2.59. The van der Waals surface area contributed by atoms with Crippen LogP contribution >= 0.6 is 11.8 Å². The number of thioether (sulfide) groups is 1. The summed E-state index contributed by atoms with van der Waals surface area (Å²) >= 11 is 1.24. The lowest BCUT2D eigenvalue weighted by Gasteiger charge is -2.13. The summed E-state index contributed by atoms with van der Waals surface area (Å²) in [5, 5.41) is 0.175. The van der Waals surface area contributed by atoms with Gasteiger partial charge in [0.15, 0.2) is 5.12 Å². The second-order valence-electron chi connectivity index (χ2n) is 5.80. The standard InChI is InChI=1S/C13H16O2S.C7H8/c1-9(2)10(3)13(15)16-12-6-4-11(8-14)5-7-12;1-7-5-3-2-4-6-7/h4-10H,1-3H3;2-6H,1H3. The van der Waals surface area contributed by atoms with Gasteiger partial charge in [0.25, 0.3) is 0 Å². The maximum Gasteiger partial charge on any atom is 0.196 e. The van der Waals surface area contributed by atoms with Gasteiger partial charge in [-0.25, -0.2) is 0 Å². The normalized spacial score (nSPS) is 11.3. The minimum absolute atomic E-state index is 0.0516. The van der Waals surface area contributed by atoms with Gasteiger partial charge in [0, 0.05) is 16.4 Å². The van der Waals surface area contributed by atoms with E-state index in [0.29, 0.717) is 11.5 Å². The lowest BCUT2D eigenvalue weighted by atomic mass is 10.0. The summed E-state index contributed by atoms with van der Waals surface area (Å²) in [6.07, 6.45) is 0.799. The lowest BCUT2D eigenvalue weighted by molar-refractivity contribution is -0.114. The summed E-state index contributed by atoms with van der Waals surface area (Å²) < 4.78 is 0. The number of aldehydes is 1. The van der Waals surface area contributed by atoms with Crippen LogP contribution in [0.3, 0.4) is 0 Å². The van der Waals surface area contributed by atoms with Gasteiger partial charge in [-0.3, -0.25) is 9.59 Å².